The molecule has 1 aromatic carbocycles. The Morgan fingerprint density at radius 1 is 1.33 bits per heavy atom. The first kappa shape index (κ1) is 16.0. The monoisotopic (exact) mass is 289 g/mol. The van der Waals surface area contributed by atoms with Crippen molar-refractivity contribution in [1.82, 2.24) is 4.90 Å². The summed E-state index contributed by atoms with van der Waals surface area (Å²) in [5.74, 6) is 5.19. The van der Waals surface area contributed by atoms with Crippen LogP contribution in [0.4, 0.5) is 4.39 Å². The van der Waals surface area contributed by atoms with Gasteiger partial charge in [-0.3, -0.25) is 4.90 Å². The maximum Gasteiger partial charge on any atom is 0.124 e. The average molecular weight is 289 g/mol. The van der Waals surface area contributed by atoms with Crippen LogP contribution in [0.25, 0.3) is 0 Å². The molecule has 0 amide bonds. The summed E-state index contributed by atoms with van der Waals surface area (Å²) in [6.07, 6.45) is 3.65. The predicted molar refractivity (Wildman–Crippen MR) is 83.3 cm³/mol. The molecule has 1 aliphatic heterocycles. The van der Waals surface area contributed by atoms with Crippen molar-refractivity contribution in [3.05, 3.63) is 35.1 Å². The Bertz CT molecular complexity index is 536. The molecule has 0 bridgehead atoms. The molecule has 0 radical (unpaired) electrons. The second-order valence-corrected chi connectivity index (χ2v) is 6.20. The topological polar surface area (TPSA) is 23.5 Å². The summed E-state index contributed by atoms with van der Waals surface area (Å²) >= 11 is 0. The van der Waals surface area contributed by atoms with E-state index in [9.17, 15) is 4.39 Å². The van der Waals surface area contributed by atoms with Crippen molar-refractivity contribution in [2.24, 2.45) is 5.41 Å². The summed E-state index contributed by atoms with van der Waals surface area (Å²) in [6, 6.07) is 4.75. The molecule has 0 aromatic heterocycles. The quantitative estimate of drug-likeness (QED) is 0.864. The van der Waals surface area contributed by atoms with Crippen molar-refractivity contribution in [3.8, 4) is 11.8 Å². The maximum absolute atomic E-state index is 13.4. The van der Waals surface area contributed by atoms with Gasteiger partial charge in [-0.25, -0.2) is 4.39 Å². The molecule has 1 heterocycles. The van der Waals surface area contributed by atoms with E-state index < -0.39 is 0 Å². The van der Waals surface area contributed by atoms with Gasteiger partial charge in [-0.2, -0.15) is 0 Å². The highest BCUT2D eigenvalue weighted by atomic mass is 19.1. The fourth-order valence-electron chi connectivity index (χ4n) is 2.78. The molecule has 114 valence electrons. The molecule has 1 fully saturated rings. The number of aliphatic hydroxyl groups excluding tert-OH is 1. The number of aliphatic hydroxyl groups is 1. The first-order valence-corrected chi connectivity index (χ1v) is 7.67. The van der Waals surface area contributed by atoms with Crippen LogP contribution in [0, 0.1) is 23.1 Å². The Balaban J connectivity index is 2.07. The Morgan fingerprint density at radius 3 is 2.67 bits per heavy atom. The van der Waals surface area contributed by atoms with Gasteiger partial charge in [-0.15, -0.1) is 0 Å². The van der Waals surface area contributed by atoms with E-state index >= 15 is 0 Å². The van der Waals surface area contributed by atoms with Crippen LogP contribution in [-0.2, 0) is 6.54 Å². The zero-order valence-electron chi connectivity index (χ0n) is 13.0. The summed E-state index contributed by atoms with van der Waals surface area (Å²) in [5, 5.41) is 8.82. The number of likely N-dealkylation sites (tertiary alicyclic amines) is 1. The second kappa shape index (κ2) is 7.06. The van der Waals surface area contributed by atoms with Gasteiger partial charge in [0.15, 0.2) is 0 Å². The summed E-state index contributed by atoms with van der Waals surface area (Å²) in [7, 11) is 0. The number of nitrogens with zero attached hydrogens (tertiary/aromatic N) is 1. The molecular formula is C18H24FNO. The fraction of sp³-hybridized carbons (Fsp3) is 0.556. The van der Waals surface area contributed by atoms with Crippen LogP contribution < -0.4 is 0 Å². The van der Waals surface area contributed by atoms with Crippen LogP contribution in [0.3, 0.4) is 0 Å². The molecule has 2 nitrogen and oxygen atoms in total. The van der Waals surface area contributed by atoms with E-state index in [1.807, 2.05) is 6.07 Å². The van der Waals surface area contributed by atoms with Crippen LogP contribution >= 0.6 is 0 Å². The lowest BCUT2D eigenvalue weighted by atomic mass is 9.78. The van der Waals surface area contributed by atoms with Gasteiger partial charge >= 0.3 is 0 Å². The molecule has 1 saturated heterocycles. The molecule has 1 aromatic rings. The minimum absolute atomic E-state index is 0.200. The molecule has 3 heteroatoms. The first-order valence-electron chi connectivity index (χ1n) is 7.67. The number of rotatable bonds is 3. The molecule has 0 aliphatic carbocycles. The van der Waals surface area contributed by atoms with Crippen LogP contribution in [-0.4, -0.2) is 29.7 Å². The Kier molecular flexibility index (Phi) is 5.39. The average Bonchev–Trinajstić information content (AvgIpc) is 2.50. The molecule has 0 atom stereocenters. The number of hydrogen-bond donors (Lipinski definition) is 1. The molecule has 0 spiro atoms. The predicted octanol–water partition coefficient (Wildman–Crippen LogP) is 3.18. The first-order chi connectivity index (χ1) is 10.1. The highest BCUT2D eigenvalue weighted by Crippen LogP contribution is 2.34. The van der Waals surface area contributed by atoms with Gasteiger partial charge in [-0.05, 0) is 49.0 Å². The van der Waals surface area contributed by atoms with Crippen LogP contribution in [0.5, 0.6) is 0 Å². The lowest BCUT2D eigenvalue weighted by Crippen LogP contribution is -2.38. The Labute approximate surface area is 127 Å². The Hall–Kier alpha value is -1.37. The van der Waals surface area contributed by atoms with Gasteiger partial charge in [0.1, 0.15) is 12.4 Å². The highest BCUT2D eigenvalue weighted by Gasteiger charge is 2.28. The standard InChI is InChI=1S/C18H24FNO/c1-3-18(2)8-10-20(11-9-18)14-16-6-7-17(19)13-15(16)5-4-12-21/h6-7,13,21H,3,8-12,14H2,1-2H3. The number of halogens is 1. The van der Waals surface area contributed by atoms with Crippen molar-refractivity contribution < 1.29 is 9.50 Å². The zero-order valence-corrected chi connectivity index (χ0v) is 13.0. The third-order valence-corrected chi connectivity index (χ3v) is 4.68. The van der Waals surface area contributed by atoms with Crippen LogP contribution in [0.2, 0.25) is 0 Å². The second-order valence-electron chi connectivity index (χ2n) is 6.20. The molecule has 1 aliphatic rings. The van der Waals surface area contributed by atoms with Crippen molar-refractivity contribution in [3.63, 3.8) is 0 Å². The molecule has 0 saturated carbocycles. The van der Waals surface area contributed by atoms with E-state index in [0.29, 0.717) is 11.0 Å². The fourth-order valence-corrected chi connectivity index (χ4v) is 2.78. The SMILES string of the molecule is CCC1(C)CCN(Cc2ccc(F)cc2C#CCO)CC1. The minimum atomic E-state index is -0.279. The number of hydrogen-bond acceptors (Lipinski definition) is 2. The third-order valence-electron chi connectivity index (χ3n) is 4.68. The molecule has 2 rings (SSSR count). The van der Waals surface area contributed by atoms with Gasteiger partial charge in [0.05, 0.1) is 0 Å². The summed E-state index contributed by atoms with van der Waals surface area (Å²) in [5.41, 5.74) is 2.20. The van der Waals surface area contributed by atoms with Gasteiger partial charge in [0.25, 0.3) is 0 Å². The zero-order chi connectivity index (χ0) is 15.3. The van der Waals surface area contributed by atoms with E-state index in [1.54, 1.807) is 0 Å². The molecular weight excluding hydrogens is 265 g/mol. The van der Waals surface area contributed by atoms with Gasteiger partial charge < -0.3 is 5.11 Å². The normalized spacial score (nSPS) is 18.1. The molecule has 1 N–H and O–H groups in total. The van der Waals surface area contributed by atoms with Crippen LogP contribution in [0.1, 0.15) is 44.2 Å². The third kappa shape index (κ3) is 4.30. The van der Waals surface area contributed by atoms with E-state index in [0.717, 1.165) is 25.2 Å². The van der Waals surface area contributed by atoms with Crippen molar-refractivity contribution >= 4 is 0 Å². The van der Waals surface area contributed by atoms with E-state index in [1.165, 1.54) is 31.4 Å². The lowest BCUT2D eigenvalue weighted by molar-refractivity contribution is 0.109. The largest absolute Gasteiger partial charge is 0.384 e. The van der Waals surface area contributed by atoms with E-state index in [2.05, 4.69) is 30.6 Å². The molecule has 0 unspecified atom stereocenters. The van der Waals surface area contributed by atoms with Crippen LogP contribution in [0.15, 0.2) is 18.2 Å². The number of benzene rings is 1. The van der Waals surface area contributed by atoms with Crippen molar-refractivity contribution in [2.45, 2.75) is 39.7 Å². The lowest BCUT2D eigenvalue weighted by Gasteiger charge is -2.39. The van der Waals surface area contributed by atoms with Gasteiger partial charge in [0, 0.05) is 12.1 Å². The highest BCUT2D eigenvalue weighted by molar-refractivity contribution is 5.41. The summed E-state index contributed by atoms with van der Waals surface area (Å²) < 4.78 is 13.4. The summed E-state index contributed by atoms with van der Waals surface area (Å²) in [6.45, 7) is 7.38. The number of piperidine rings is 1. The van der Waals surface area contributed by atoms with E-state index in [4.69, 9.17) is 5.11 Å². The van der Waals surface area contributed by atoms with Crippen molar-refractivity contribution in [2.75, 3.05) is 19.7 Å². The van der Waals surface area contributed by atoms with Crippen molar-refractivity contribution in [1.29, 1.82) is 0 Å². The van der Waals surface area contributed by atoms with Gasteiger partial charge in [-0.1, -0.05) is 38.2 Å². The maximum atomic E-state index is 13.4. The minimum Gasteiger partial charge on any atom is -0.384 e. The van der Waals surface area contributed by atoms with Gasteiger partial charge in [0.2, 0.25) is 0 Å². The Morgan fingerprint density at radius 2 is 2.05 bits per heavy atom. The smallest absolute Gasteiger partial charge is 0.124 e. The van der Waals surface area contributed by atoms with E-state index in [-0.39, 0.29) is 12.4 Å². The summed E-state index contributed by atoms with van der Waals surface area (Å²) in [4.78, 5) is 2.41. The molecule has 21 heavy (non-hydrogen) atoms.